The van der Waals surface area contributed by atoms with Crippen molar-refractivity contribution in [3.63, 3.8) is 0 Å². The minimum absolute atomic E-state index is 0.0358. The maximum absolute atomic E-state index is 12.1. The number of aryl methyl sites for hydroxylation is 1. The van der Waals surface area contributed by atoms with Gasteiger partial charge in [-0.25, -0.2) is 4.79 Å². The number of likely N-dealkylation sites (tertiary alicyclic amines) is 1. The second-order valence-corrected chi connectivity index (χ2v) is 5.40. The van der Waals surface area contributed by atoms with E-state index in [-0.39, 0.29) is 17.4 Å². The lowest BCUT2D eigenvalue weighted by Crippen LogP contribution is -2.39. The Morgan fingerprint density at radius 2 is 2.04 bits per heavy atom. The first-order chi connectivity index (χ1) is 10.9. The van der Waals surface area contributed by atoms with Crippen LogP contribution in [0, 0.1) is 6.92 Å². The van der Waals surface area contributed by atoms with Gasteiger partial charge in [-0.2, -0.15) is 0 Å². The van der Waals surface area contributed by atoms with E-state index in [1.54, 1.807) is 13.0 Å². The van der Waals surface area contributed by atoms with E-state index >= 15 is 0 Å². The van der Waals surface area contributed by atoms with Crippen LogP contribution in [0.1, 0.15) is 40.7 Å². The number of methoxy groups -OCH3 is 1. The van der Waals surface area contributed by atoms with Gasteiger partial charge in [0.25, 0.3) is 5.91 Å². The predicted molar refractivity (Wildman–Crippen MR) is 84.3 cm³/mol. The molecule has 1 N–H and O–H groups in total. The summed E-state index contributed by atoms with van der Waals surface area (Å²) < 4.78 is 5.10. The molecule has 0 radical (unpaired) electrons. The average molecular weight is 317 g/mol. The van der Waals surface area contributed by atoms with Crippen LogP contribution in [-0.4, -0.2) is 41.4 Å². The summed E-state index contributed by atoms with van der Waals surface area (Å²) in [5.74, 6) is -1.34. The van der Waals surface area contributed by atoms with Gasteiger partial charge in [-0.1, -0.05) is 0 Å². The molecule has 0 unspecified atom stereocenters. The molecule has 122 valence electrons. The lowest BCUT2D eigenvalue weighted by molar-refractivity contribution is -0.143. The van der Waals surface area contributed by atoms with E-state index in [4.69, 9.17) is 4.74 Å². The minimum Gasteiger partial charge on any atom is -0.496 e. The summed E-state index contributed by atoms with van der Waals surface area (Å²) in [5, 5.41) is 9.24. The molecule has 0 saturated carbocycles. The molecule has 6 nitrogen and oxygen atoms in total. The Morgan fingerprint density at radius 3 is 2.65 bits per heavy atom. The van der Waals surface area contributed by atoms with Crippen LogP contribution < -0.4 is 4.74 Å². The van der Waals surface area contributed by atoms with E-state index in [0.29, 0.717) is 29.8 Å². The summed E-state index contributed by atoms with van der Waals surface area (Å²) >= 11 is 0. The van der Waals surface area contributed by atoms with Gasteiger partial charge in [-0.3, -0.25) is 14.5 Å². The van der Waals surface area contributed by atoms with E-state index < -0.39 is 5.97 Å². The number of nitrogens with zero attached hydrogens (tertiary/aromatic N) is 1. The molecule has 1 fully saturated rings. The highest BCUT2D eigenvalue weighted by Crippen LogP contribution is 2.26. The number of ether oxygens (including phenoxy) is 1. The topological polar surface area (TPSA) is 83.9 Å². The second kappa shape index (κ2) is 7.09. The van der Waals surface area contributed by atoms with E-state index in [1.165, 1.54) is 30.2 Å². The molecule has 1 aromatic rings. The number of carbonyl (C=O) groups excluding carboxylic acids is 2. The number of aromatic carboxylic acids is 1. The van der Waals surface area contributed by atoms with Crippen molar-refractivity contribution in [2.45, 2.75) is 26.2 Å². The third-order valence-electron chi connectivity index (χ3n) is 3.74. The van der Waals surface area contributed by atoms with Gasteiger partial charge in [0.1, 0.15) is 11.3 Å². The largest absolute Gasteiger partial charge is 0.496 e. The smallest absolute Gasteiger partial charge is 0.339 e. The zero-order valence-electron chi connectivity index (χ0n) is 13.2. The lowest BCUT2D eigenvalue weighted by atomic mass is 10.0. The molecular formula is C17H19NO5. The van der Waals surface area contributed by atoms with Gasteiger partial charge in [-0.05, 0) is 49.1 Å². The molecular weight excluding hydrogens is 298 g/mol. The van der Waals surface area contributed by atoms with Crippen molar-refractivity contribution in [3.8, 4) is 5.75 Å². The molecule has 23 heavy (non-hydrogen) atoms. The number of rotatable bonds is 4. The van der Waals surface area contributed by atoms with E-state index in [9.17, 15) is 19.5 Å². The fourth-order valence-corrected chi connectivity index (χ4v) is 2.62. The molecule has 2 rings (SSSR count). The van der Waals surface area contributed by atoms with Crippen molar-refractivity contribution in [3.05, 3.63) is 34.9 Å². The van der Waals surface area contributed by atoms with Crippen LogP contribution in [-0.2, 0) is 9.59 Å². The quantitative estimate of drug-likeness (QED) is 0.861. The predicted octanol–water partition coefficient (Wildman–Crippen LogP) is 2.25. The third kappa shape index (κ3) is 3.77. The molecule has 0 aromatic heterocycles. The summed E-state index contributed by atoms with van der Waals surface area (Å²) in [6.07, 6.45) is 4.84. The van der Waals surface area contributed by atoms with Crippen molar-refractivity contribution < 1.29 is 24.2 Å². The number of amides is 2. The van der Waals surface area contributed by atoms with E-state index in [1.807, 2.05) is 0 Å². The highest BCUT2D eigenvalue weighted by molar-refractivity contribution is 6.03. The van der Waals surface area contributed by atoms with Gasteiger partial charge >= 0.3 is 5.97 Å². The minimum atomic E-state index is -1.10. The summed E-state index contributed by atoms with van der Waals surface area (Å²) in [6, 6.07) is 3.17. The molecule has 0 atom stereocenters. The number of imide groups is 1. The Balaban J connectivity index is 2.24. The van der Waals surface area contributed by atoms with Crippen LogP contribution in [0.15, 0.2) is 18.2 Å². The van der Waals surface area contributed by atoms with Gasteiger partial charge in [0.2, 0.25) is 5.91 Å². The number of hydrogen-bond acceptors (Lipinski definition) is 4. The first-order valence-corrected chi connectivity index (χ1v) is 7.38. The number of carbonyl (C=O) groups is 3. The zero-order valence-corrected chi connectivity index (χ0v) is 13.2. The molecule has 1 aromatic carbocycles. The standard InChI is InChI=1S/C17H19NO5/c1-11-9-12(10-13(17(21)22)16(11)23-2)6-7-15(20)18-8-4-3-5-14(18)19/h6-7,9-10H,3-5,8H2,1-2H3,(H,21,22)/b7-6+. The summed E-state index contributed by atoms with van der Waals surface area (Å²) in [5.41, 5.74) is 1.26. The monoisotopic (exact) mass is 317 g/mol. The molecule has 0 spiro atoms. The van der Waals surface area contributed by atoms with Crippen LogP contribution in [0.4, 0.5) is 0 Å². The normalized spacial score (nSPS) is 15.0. The van der Waals surface area contributed by atoms with Crippen LogP contribution in [0.5, 0.6) is 5.75 Å². The maximum atomic E-state index is 12.1. The SMILES string of the molecule is COc1c(C)cc(/C=C/C(=O)N2CCCCC2=O)cc1C(=O)O. The summed E-state index contributed by atoms with van der Waals surface area (Å²) in [4.78, 5) is 36.3. The fraction of sp³-hybridized carbons (Fsp3) is 0.353. The fourth-order valence-electron chi connectivity index (χ4n) is 2.62. The number of carboxylic acids is 1. The van der Waals surface area contributed by atoms with E-state index in [0.717, 1.165) is 12.8 Å². The summed E-state index contributed by atoms with van der Waals surface area (Å²) in [6.45, 7) is 2.17. The molecule has 1 saturated heterocycles. The average Bonchev–Trinajstić information content (AvgIpc) is 2.52. The highest BCUT2D eigenvalue weighted by Gasteiger charge is 2.22. The molecule has 0 bridgehead atoms. The Kier molecular flexibility index (Phi) is 5.16. The first-order valence-electron chi connectivity index (χ1n) is 7.38. The maximum Gasteiger partial charge on any atom is 0.339 e. The van der Waals surface area contributed by atoms with Crippen LogP contribution in [0.3, 0.4) is 0 Å². The Labute approximate surface area is 134 Å². The van der Waals surface area contributed by atoms with Crippen molar-refractivity contribution in [2.75, 3.05) is 13.7 Å². The number of piperidine rings is 1. The van der Waals surface area contributed by atoms with Crippen LogP contribution in [0.25, 0.3) is 6.08 Å². The van der Waals surface area contributed by atoms with Crippen molar-refractivity contribution in [1.29, 1.82) is 0 Å². The summed E-state index contributed by atoms with van der Waals surface area (Å²) in [7, 11) is 1.41. The number of benzene rings is 1. The Bertz CT molecular complexity index is 678. The van der Waals surface area contributed by atoms with Gasteiger partial charge in [0.05, 0.1) is 7.11 Å². The molecule has 1 aliphatic rings. The Hall–Kier alpha value is -2.63. The molecule has 1 aliphatic heterocycles. The van der Waals surface area contributed by atoms with E-state index in [2.05, 4.69) is 0 Å². The Morgan fingerprint density at radius 1 is 1.30 bits per heavy atom. The number of hydrogen-bond donors (Lipinski definition) is 1. The van der Waals surface area contributed by atoms with Crippen molar-refractivity contribution in [2.24, 2.45) is 0 Å². The van der Waals surface area contributed by atoms with Gasteiger partial charge in [0.15, 0.2) is 0 Å². The molecule has 2 amide bonds. The molecule has 0 aliphatic carbocycles. The van der Waals surface area contributed by atoms with Crippen LogP contribution in [0.2, 0.25) is 0 Å². The van der Waals surface area contributed by atoms with Gasteiger partial charge in [-0.15, -0.1) is 0 Å². The van der Waals surface area contributed by atoms with Gasteiger partial charge < -0.3 is 9.84 Å². The molecule has 1 heterocycles. The molecule has 6 heteroatoms. The third-order valence-corrected chi connectivity index (χ3v) is 3.74. The lowest BCUT2D eigenvalue weighted by Gasteiger charge is -2.23. The van der Waals surface area contributed by atoms with Crippen LogP contribution >= 0.6 is 0 Å². The van der Waals surface area contributed by atoms with Crippen molar-refractivity contribution in [1.82, 2.24) is 4.90 Å². The highest BCUT2D eigenvalue weighted by atomic mass is 16.5. The zero-order chi connectivity index (χ0) is 17.0. The number of carboxylic acid groups (broad SMARTS) is 1. The first kappa shape index (κ1) is 16.7. The van der Waals surface area contributed by atoms with Crippen molar-refractivity contribution >= 4 is 23.9 Å². The van der Waals surface area contributed by atoms with Gasteiger partial charge in [0, 0.05) is 19.0 Å². The second-order valence-electron chi connectivity index (χ2n) is 5.40.